The summed E-state index contributed by atoms with van der Waals surface area (Å²) in [6.45, 7) is 2.66. The minimum absolute atomic E-state index is 0.0366. The second kappa shape index (κ2) is 13.0. The number of nitrogens with two attached hydrogens (primary N) is 1. The first-order chi connectivity index (χ1) is 20.7. The first kappa shape index (κ1) is 29.6. The van der Waals surface area contributed by atoms with Gasteiger partial charge in [0.05, 0.1) is 18.4 Å². The van der Waals surface area contributed by atoms with E-state index in [4.69, 9.17) is 10.5 Å². The summed E-state index contributed by atoms with van der Waals surface area (Å²) in [5.74, 6) is -0.843. The summed E-state index contributed by atoms with van der Waals surface area (Å²) in [6, 6.07) is 20.2. The van der Waals surface area contributed by atoms with E-state index in [2.05, 4.69) is 49.4 Å². The Kier molecular flexibility index (Phi) is 8.96. The van der Waals surface area contributed by atoms with Crippen molar-refractivity contribution >= 4 is 34.7 Å². The van der Waals surface area contributed by atoms with Gasteiger partial charge >= 0.3 is 6.18 Å². The van der Waals surface area contributed by atoms with Gasteiger partial charge in [0.25, 0.3) is 5.91 Å². The molecular weight excluding hydrogens is 559 g/mol. The highest BCUT2D eigenvalue weighted by Crippen LogP contribution is 2.38. The van der Waals surface area contributed by atoms with E-state index in [1.807, 2.05) is 18.2 Å². The highest BCUT2D eigenvalue weighted by molar-refractivity contribution is 6.00. The molecule has 224 valence electrons. The Hall–Kier alpha value is -4.84. The number of ether oxygens (including phenoxy) is 1. The van der Waals surface area contributed by atoms with Crippen LogP contribution in [0, 0.1) is 0 Å². The van der Waals surface area contributed by atoms with Gasteiger partial charge < -0.3 is 31.7 Å². The zero-order valence-electron chi connectivity index (χ0n) is 23.5. The molecule has 1 fully saturated rings. The second-order valence-corrected chi connectivity index (χ2v) is 10.2. The second-order valence-electron chi connectivity index (χ2n) is 10.2. The predicted molar refractivity (Wildman–Crippen MR) is 160 cm³/mol. The van der Waals surface area contributed by atoms with Gasteiger partial charge in [0.2, 0.25) is 5.95 Å². The topological polar surface area (TPSA) is 126 Å². The number of carbonyl (C=O) groups is 1. The first-order valence-electron chi connectivity index (χ1n) is 13.8. The number of piperidine rings is 1. The van der Waals surface area contributed by atoms with E-state index >= 15 is 0 Å². The van der Waals surface area contributed by atoms with Crippen LogP contribution in [0.4, 0.5) is 42.0 Å². The third-order valence-electron chi connectivity index (χ3n) is 7.21. The van der Waals surface area contributed by atoms with E-state index in [9.17, 15) is 18.0 Å². The molecule has 1 aliphatic heterocycles. The van der Waals surface area contributed by atoms with Crippen LogP contribution in [0.2, 0.25) is 0 Å². The molecule has 5 rings (SSSR count). The monoisotopic (exact) mass is 591 g/mol. The Labute approximate surface area is 247 Å². The molecule has 2 heterocycles. The largest absolute Gasteiger partial charge is 0.495 e. The number of halogens is 3. The van der Waals surface area contributed by atoms with Gasteiger partial charge in [-0.05, 0) is 72.8 Å². The SMILES string of the molecule is COc1cccc(C(N)=O)c1Nc1nc(Nc2ccc(CNc3cccc(C4CCCNC4)c3)cc2)ncc1C(F)(F)F. The van der Waals surface area contributed by atoms with Crippen LogP contribution in [-0.2, 0) is 12.7 Å². The molecule has 6 N–H and O–H groups in total. The first-order valence-corrected chi connectivity index (χ1v) is 13.8. The molecule has 1 aromatic heterocycles. The average Bonchev–Trinajstić information content (AvgIpc) is 3.01. The van der Waals surface area contributed by atoms with Crippen molar-refractivity contribution in [3.05, 3.63) is 95.2 Å². The molecule has 1 unspecified atom stereocenters. The lowest BCUT2D eigenvalue weighted by Gasteiger charge is -2.23. The number of anilines is 5. The third kappa shape index (κ3) is 7.33. The highest BCUT2D eigenvalue weighted by atomic mass is 19.4. The van der Waals surface area contributed by atoms with Crippen molar-refractivity contribution in [3.8, 4) is 5.75 Å². The van der Waals surface area contributed by atoms with Crippen molar-refractivity contribution in [3.63, 3.8) is 0 Å². The van der Waals surface area contributed by atoms with E-state index in [-0.39, 0.29) is 22.9 Å². The third-order valence-corrected chi connectivity index (χ3v) is 7.21. The molecule has 1 atom stereocenters. The zero-order chi connectivity index (χ0) is 30.4. The van der Waals surface area contributed by atoms with Gasteiger partial charge in [-0.3, -0.25) is 4.79 Å². The standard InChI is InChI=1S/C31H32F3N7O2/c1-43-26-9-3-8-24(28(35)42)27(26)40-29-25(31(32,33)34)18-38-30(41-29)39-22-12-10-19(11-13-22)16-37-23-7-2-5-20(15-23)21-6-4-14-36-17-21/h2-3,5,7-13,15,18,21,36-37H,4,6,14,16-17H2,1H3,(H2,35,42)(H2,38,39,40,41). The molecule has 0 saturated carbocycles. The normalized spacial score (nSPS) is 15.0. The van der Waals surface area contributed by atoms with Crippen LogP contribution in [-0.4, -0.2) is 36.1 Å². The molecule has 43 heavy (non-hydrogen) atoms. The Bertz CT molecular complexity index is 1570. The van der Waals surface area contributed by atoms with Crippen molar-refractivity contribution in [2.75, 3.05) is 36.1 Å². The van der Waals surface area contributed by atoms with Gasteiger partial charge in [-0.2, -0.15) is 18.2 Å². The van der Waals surface area contributed by atoms with Crippen LogP contribution in [0.3, 0.4) is 0 Å². The van der Waals surface area contributed by atoms with Crippen molar-refractivity contribution < 1.29 is 22.7 Å². The van der Waals surface area contributed by atoms with Crippen LogP contribution in [0.1, 0.15) is 45.8 Å². The van der Waals surface area contributed by atoms with Crippen LogP contribution < -0.4 is 31.7 Å². The zero-order valence-corrected chi connectivity index (χ0v) is 23.5. The number of nitrogens with zero attached hydrogens (tertiary/aromatic N) is 2. The molecule has 4 aromatic rings. The molecule has 0 radical (unpaired) electrons. The summed E-state index contributed by atoms with van der Waals surface area (Å²) in [6.07, 6.45) is -1.74. The van der Waals surface area contributed by atoms with Gasteiger partial charge in [-0.15, -0.1) is 0 Å². The summed E-state index contributed by atoms with van der Waals surface area (Å²) in [4.78, 5) is 19.9. The number of para-hydroxylation sites is 1. The Morgan fingerprint density at radius 1 is 1.07 bits per heavy atom. The number of rotatable bonds is 10. The lowest BCUT2D eigenvalue weighted by molar-refractivity contribution is -0.137. The van der Waals surface area contributed by atoms with Gasteiger partial charge in [0.1, 0.15) is 17.1 Å². The minimum Gasteiger partial charge on any atom is -0.495 e. The molecule has 9 nitrogen and oxygen atoms in total. The molecular formula is C31H32F3N7O2. The molecule has 1 aliphatic rings. The van der Waals surface area contributed by atoms with Gasteiger partial charge in [-0.25, -0.2) is 4.98 Å². The molecule has 1 amide bonds. The maximum atomic E-state index is 13.8. The molecule has 0 bridgehead atoms. The van der Waals surface area contributed by atoms with E-state index in [0.29, 0.717) is 24.3 Å². The lowest BCUT2D eigenvalue weighted by atomic mass is 9.91. The summed E-state index contributed by atoms with van der Waals surface area (Å²) in [5, 5.41) is 12.4. The smallest absolute Gasteiger partial charge is 0.421 e. The van der Waals surface area contributed by atoms with E-state index in [0.717, 1.165) is 24.3 Å². The average molecular weight is 592 g/mol. The van der Waals surface area contributed by atoms with E-state index < -0.39 is 23.5 Å². The Morgan fingerprint density at radius 3 is 2.56 bits per heavy atom. The molecule has 0 spiro atoms. The maximum Gasteiger partial charge on any atom is 0.421 e. The summed E-state index contributed by atoms with van der Waals surface area (Å²) in [5.41, 5.74) is 8.19. The number of hydrogen-bond acceptors (Lipinski definition) is 8. The summed E-state index contributed by atoms with van der Waals surface area (Å²) in [7, 11) is 1.33. The molecule has 0 aliphatic carbocycles. The van der Waals surface area contributed by atoms with E-state index in [1.165, 1.54) is 43.7 Å². The van der Waals surface area contributed by atoms with Crippen molar-refractivity contribution in [1.82, 2.24) is 15.3 Å². The van der Waals surface area contributed by atoms with Crippen LogP contribution in [0.15, 0.2) is 72.9 Å². The molecule has 12 heteroatoms. The maximum absolute atomic E-state index is 13.8. The molecule has 1 saturated heterocycles. The van der Waals surface area contributed by atoms with Crippen LogP contribution in [0.25, 0.3) is 0 Å². The number of amides is 1. The van der Waals surface area contributed by atoms with Gasteiger partial charge in [0.15, 0.2) is 0 Å². The number of carbonyl (C=O) groups excluding carboxylic acids is 1. The van der Waals surface area contributed by atoms with Gasteiger partial charge in [-0.1, -0.05) is 30.3 Å². The van der Waals surface area contributed by atoms with E-state index in [1.54, 1.807) is 12.1 Å². The number of hydrogen-bond donors (Lipinski definition) is 5. The number of alkyl halides is 3. The van der Waals surface area contributed by atoms with Crippen LogP contribution in [0.5, 0.6) is 5.75 Å². The van der Waals surface area contributed by atoms with Crippen molar-refractivity contribution in [2.24, 2.45) is 5.73 Å². The molecule has 3 aromatic carbocycles. The lowest BCUT2D eigenvalue weighted by Crippen LogP contribution is -2.28. The van der Waals surface area contributed by atoms with Crippen molar-refractivity contribution in [1.29, 1.82) is 0 Å². The summed E-state index contributed by atoms with van der Waals surface area (Å²) < 4.78 is 46.7. The number of primary amides is 1. The Morgan fingerprint density at radius 2 is 1.86 bits per heavy atom. The number of methoxy groups -OCH3 is 1. The van der Waals surface area contributed by atoms with Gasteiger partial charge in [0, 0.05) is 30.7 Å². The fourth-order valence-electron chi connectivity index (χ4n) is 4.98. The fourth-order valence-corrected chi connectivity index (χ4v) is 4.98. The number of benzene rings is 3. The van der Waals surface area contributed by atoms with Crippen LogP contribution >= 0.6 is 0 Å². The summed E-state index contributed by atoms with van der Waals surface area (Å²) >= 11 is 0. The predicted octanol–water partition coefficient (Wildman–Crippen LogP) is 6.17. The van der Waals surface area contributed by atoms with Crippen molar-refractivity contribution in [2.45, 2.75) is 31.5 Å². The minimum atomic E-state index is -4.77. The number of nitrogens with one attached hydrogen (secondary N) is 4. The fraction of sp³-hybridized carbons (Fsp3) is 0.258. The quantitative estimate of drug-likeness (QED) is 0.148. The highest BCUT2D eigenvalue weighted by Gasteiger charge is 2.36. The Balaban J connectivity index is 1.30. The number of aromatic nitrogens is 2.